The third kappa shape index (κ3) is 3.83. The maximum atomic E-state index is 12.7. The molecule has 26 heavy (non-hydrogen) atoms. The third-order valence-corrected chi connectivity index (χ3v) is 5.79. The van der Waals surface area contributed by atoms with E-state index in [1.165, 1.54) is 11.3 Å². The number of carbonyl (C=O) groups excluding carboxylic acids is 1. The minimum absolute atomic E-state index is 0.233. The molecule has 1 amide bonds. The van der Waals surface area contributed by atoms with Crippen molar-refractivity contribution in [2.24, 2.45) is 0 Å². The lowest BCUT2D eigenvalue weighted by Gasteiger charge is -2.11. The fourth-order valence-corrected chi connectivity index (χ4v) is 4.15. The summed E-state index contributed by atoms with van der Waals surface area (Å²) in [4.78, 5) is 18.2. The fourth-order valence-electron chi connectivity index (χ4n) is 2.50. The number of carbonyl (C=O) groups is 1. The lowest BCUT2D eigenvalue weighted by Crippen LogP contribution is -2.13. The van der Waals surface area contributed by atoms with Crippen molar-refractivity contribution in [1.29, 1.82) is 0 Å². The molecule has 7 heteroatoms. The van der Waals surface area contributed by atoms with E-state index < -0.39 is 0 Å². The quantitative estimate of drug-likeness (QED) is 0.523. The van der Waals surface area contributed by atoms with Crippen LogP contribution in [-0.2, 0) is 0 Å². The number of aromatic nitrogens is 1. The molecule has 2 aromatic carbocycles. The van der Waals surface area contributed by atoms with E-state index in [-0.39, 0.29) is 5.91 Å². The molecule has 134 valence electrons. The molecule has 3 rings (SSSR count). The van der Waals surface area contributed by atoms with Crippen molar-refractivity contribution in [1.82, 2.24) is 4.98 Å². The molecule has 0 radical (unpaired) electrons. The number of nitrogens with one attached hydrogen (secondary N) is 1. The van der Waals surface area contributed by atoms with Gasteiger partial charge in [0, 0.05) is 3.57 Å². The van der Waals surface area contributed by atoms with Gasteiger partial charge in [-0.25, -0.2) is 4.98 Å². The summed E-state index contributed by atoms with van der Waals surface area (Å²) in [5, 5.41) is 3.45. The molecule has 0 saturated carbocycles. The predicted molar refractivity (Wildman–Crippen MR) is 113 cm³/mol. The summed E-state index contributed by atoms with van der Waals surface area (Å²) in [5.41, 5.74) is 2.49. The second-order valence-electron chi connectivity index (χ2n) is 5.44. The highest BCUT2D eigenvalue weighted by atomic mass is 127. The van der Waals surface area contributed by atoms with E-state index >= 15 is 0 Å². The molecule has 1 N–H and O–H groups in total. The van der Waals surface area contributed by atoms with Gasteiger partial charge in [0.1, 0.15) is 0 Å². The summed E-state index contributed by atoms with van der Waals surface area (Å²) in [6.07, 6.45) is 0. The maximum absolute atomic E-state index is 12.7. The molecular formula is C19H17IN2O3S. The Labute approximate surface area is 169 Å². The standard InChI is InChI=1S/C19H17IN2O3S/c1-11-17(12-7-5-4-6-8-12)26-19(21-11)22-18(23)13-9-15(24-2)16(25-3)10-14(13)20/h4-10H,1-3H3,(H,21,22,23). The molecule has 0 fully saturated rings. The highest BCUT2D eigenvalue weighted by molar-refractivity contribution is 14.1. The number of benzene rings is 2. The normalized spacial score (nSPS) is 10.5. The summed E-state index contributed by atoms with van der Waals surface area (Å²) in [6, 6.07) is 13.5. The highest BCUT2D eigenvalue weighted by Gasteiger charge is 2.18. The van der Waals surface area contributed by atoms with Crippen LogP contribution in [0.25, 0.3) is 10.4 Å². The van der Waals surface area contributed by atoms with Crippen LogP contribution in [0, 0.1) is 10.5 Å². The molecular weight excluding hydrogens is 463 g/mol. The smallest absolute Gasteiger partial charge is 0.258 e. The Balaban J connectivity index is 1.87. The molecule has 0 unspecified atom stereocenters. The molecule has 3 aromatic rings. The van der Waals surface area contributed by atoms with Crippen LogP contribution in [0.3, 0.4) is 0 Å². The zero-order valence-electron chi connectivity index (χ0n) is 14.5. The molecule has 5 nitrogen and oxygen atoms in total. The van der Waals surface area contributed by atoms with Gasteiger partial charge in [-0.15, -0.1) is 0 Å². The van der Waals surface area contributed by atoms with Gasteiger partial charge in [-0.1, -0.05) is 41.7 Å². The van der Waals surface area contributed by atoms with Crippen molar-refractivity contribution in [2.75, 3.05) is 19.5 Å². The zero-order valence-corrected chi connectivity index (χ0v) is 17.5. The largest absolute Gasteiger partial charge is 0.493 e. The molecule has 1 heterocycles. The molecule has 0 saturated heterocycles. The first kappa shape index (κ1) is 18.7. The Morgan fingerprint density at radius 3 is 2.42 bits per heavy atom. The van der Waals surface area contributed by atoms with Crippen LogP contribution in [-0.4, -0.2) is 25.1 Å². The first-order chi connectivity index (χ1) is 12.5. The highest BCUT2D eigenvalue weighted by Crippen LogP contribution is 2.34. The number of anilines is 1. The zero-order chi connectivity index (χ0) is 18.7. The number of halogens is 1. The van der Waals surface area contributed by atoms with Gasteiger partial charge < -0.3 is 9.47 Å². The van der Waals surface area contributed by atoms with Crippen LogP contribution >= 0.6 is 33.9 Å². The Morgan fingerprint density at radius 2 is 1.77 bits per heavy atom. The molecule has 0 spiro atoms. The van der Waals surface area contributed by atoms with Gasteiger partial charge in [-0.05, 0) is 47.2 Å². The topological polar surface area (TPSA) is 60.5 Å². The number of hydrogen-bond acceptors (Lipinski definition) is 5. The van der Waals surface area contributed by atoms with Crippen molar-refractivity contribution >= 4 is 45.0 Å². The minimum atomic E-state index is -0.233. The average Bonchev–Trinajstić information content (AvgIpc) is 3.02. The summed E-state index contributed by atoms with van der Waals surface area (Å²) < 4.78 is 11.3. The van der Waals surface area contributed by atoms with Crippen molar-refractivity contribution in [2.45, 2.75) is 6.92 Å². The van der Waals surface area contributed by atoms with Crippen LogP contribution < -0.4 is 14.8 Å². The number of amides is 1. The van der Waals surface area contributed by atoms with Crippen LogP contribution in [0.2, 0.25) is 0 Å². The summed E-state index contributed by atoms with van der Waals surface area (Å²) in [5.74, 6) is 0.868. The minimum Gasteiger partial charge on any atom is -0.493 e. The molecule has 0 aliphatic carbocycles. The van der Waals surface area contributed by atoms with E-state index in [0.717, 1.165) is 19.7 Å². The number of thiazole rings is 1. The van der Waals surface area contributed by atoms with Crippen LogP contribution in [0.5, 0.6) is 11.5 Å². The lowest BCUT2D eigenvalue weighted by molar-refractivity contribution is 0.102. The van der Waals surface area contributed by atoms with Crippen molar-refractivity contribution < 1.29 is 14.3 Å². The fraction of sp³-hybridized carbons (Fsp3) is 0.158. The number of aryl methyl sites for hydroxylation is 1. The van der Waals surface area contributed by atoms with E-state index in [1.54, 1.807) is 26.4 Å². The number of rotatable bonds is 5. The number of methoxy groups -OCH3 is 2. The van der Waals surface area contributed by atoms with E-state index in [2.05, 4.69) is 32.9 Å². The van der Waals surface area contributed by atoms with Crippen LogP contribution in [0.4, 0.5) is 5.13 Å². The Kier molecular flexibility index (Phi) is 5.77. The van der Waals surface area contributed by atoms with Gasteiger partial charge in [-0.2, -0.15) is 0 Å². The van der Waals surface area contributed by atoms with Gasteiger partial charge in [0.15, 0.2) is 16.6 Å². The van der Waals surface area contributed by atoms with Crippen LogP contribution in [0.1, 0.15) is 16.1 Å². The summed E-state index contributed by atoms with van der Waals surface area (Å²) in [6.45, 7) is 1.94. The SMILES string of the molecule is COc1cc(I)c(C(=O)Nc2nc(C)c(-c3ccccc3)s2)cc1OC. The van der Waals surface area contributed by atoms with E-state index in [0.29, 0.717) is 22.2 Å². The summed E-state index contributed by atoms with van der Waals surface area (Å²) >= 11 is 3.57. The number of ether oxygens (including phenoxy) is 2. The molecule has 0 atom stereocenters. The Morgan fingerprint density at radius 1 is 1.12 bits per heavy atom. The maximum Gasteiger partial charge on any atom is 0.258 e. The lowest BCUT2D eigenvalue weighted by atomic mass is 10.2. The second kappa shape index (κ2) is 8.05. The first-order valence-electron chi connectivity index (χ1n) is 7.79. The van der Waals surface area contributed by atoms with E-state index in [1.807, 2.05) is 37.3 Å². The van der Waals surface area contributed by atoms with Crippen LogP contribution in [0.15, 0.2) is 42.5 Å². The second-order valence-corrected chi connectivity index (χ2v) is 7.60. The van der Waals surface area contributed by atoms with Gasteiger partial charge in [-0.3, -0.25) is 10.1 Å². The van der Waals surface area contributed by atoms with E-state index in [9.17, 15) is 4.79 Å². The molecule has 1 aromatic heterocycles. The van der Waals surface area contributed by atoms with Crippen molar-refractivity contribution in [3.8, 4) is 21.9 Å². The summed E-state index contributed by atoms with van der Waals surface area (Å²) in [7, 11) is 3.11. The van der Waals surface area contributed by atoms with Gasteiger partial charge >= 0.3 is 0 Å². The Bertz CT molecular complexity index is 941. The van der Waals surface area contributed by atoms with E-state index in [4.69, 9.17) is 9.47 Å². The van der Waals surface area contributed by atoms with Gasteiger partial charge in [0.25, 0.3) is 5.91 Å². The van der Waals surface area contributed by atoms with Gasteiger partial charge in [0.05, 0.1) is 30.4 Å². The predicted octanol–water partition coefficient (Wildman–Crippen LogP) is 4.99. The monoisotopic (exact) mass is 480 g/mol. The molecule has 0 aliphatic rings. The van der Waals surface area contributed by atoms with Gasteiger partial charge in [0.2, 0.25) is 0 Å². The van der Waals surface area contributed by atoms with Crippen molar-refractivity contribution in [3.05, 3.63) is 57.3 Å². The first-order valence-corrected chi connectivity index (χ1v) is 9.68. The average molecular weight is 480 g/mol. The molecule has 0 aliphatic heterocycles. The van der Waals surface area contributed by atoms with Crippen molar-refractivity contribution in [3.63, 3.8) is 0 Å². The Hall–Kier alpha value is -2.13. The molecule has 0 bridgehead atoms. The number of hydrogen-bond donors (Lipinski definition) is 1. The third-order valence-electron chi connectivity index (χ3n) is 3.77. The number of nitrogens with zero attached hydrogens (tertiary/aromatic N) is 1.